The number of aryl methyl sites for hydroxylation is 1. The van der Waals surface area contributed by atoms with Crippen molar-refractivity contribution in [1.82, 2.24) is 19.9 Å². The zero-order valence-electron chi connectivity index (χ0n) is 14.1. The van der Waals surface area contributed by atoms with Gasteiger partial charge in [-0.2, -0.15) is 0 Å². The first-order chi connectivity index (χ1) is 11.6. The van der Waals surface area contributed by atoms with Gasteiger partial charge in [0.1, 0.15) is 11.6 Å². The summed E-state index contributed by atoms with van der Waals surface area (Å²) >= 11 is 0. The van der Waals surface area contributed by atoms with Crippen molar-refractivity contribution in [2.24, 2.45) is 5.92 Å². The molecule has 122 valence electrons. The highest BCUT2D eigenvalue weighted by molar-refractivity contribution is 5.58. The lowest BCUT2D eigenvalue weighted by Crippen LogP contribution is -2.18. The summed E-state index contributed by atoms with van der Waals surface area (Å²) in [5.74, 6) is 1.93. The van der Waals surface area contributed by atoms with Crippen molar-refractivity contribution in [3.63, 3.8) is 0 Å². The second-order valence-corrected chi connectivity index (χ2v) is 6.05. The minimum atomic E-state index is 0.152. The molecule has 1 atom stereocenters. The predicted octanol–water partition coefficient (Wildman–Crippen LogP) is 4.05. The molecule has 0 saturated heterocycles. The minimum Gasteiger partial charge on any atom is -0.363 e. The van der Waals surface area contributed by atoms with Crippen LogP contribution >= 0.6 is 0 Å². The summed E-state index contributed by atoms with van der Waals surface area (Å²) in [5, 5.41) is 3.54. The van der Waals surface area contributed by atoms with Gasteiger partial charge < -0.3 is 5.32 Å². The second kappa shape index (κ2) is 7.17. The van der Waals surface area contributed by atoms with Crippen LogP contribution in [0.2, 0.25) is 0 Å². The number of aromatic nitrogens is 4. The van der Waals surface area contributed by atoms with Crippen LogP contribution in [-0.2, 0) is 0 Å². The molecule has 0 saturated carbocycles. The van der Waals surface area contributed by atoms with Gasteiger partial charge in [-0.15, -0.1) is 0 Å². The van der Waals surface area contributed by atoms with Crippen LogP contribution in [0.15, 0.2) is 55.0 Å². The Bertz CT molecular complexity index is 787. The molecule has 0 radical (unpaired) electrons. The van der Waals surface area contributed by atoms with Crippen molar-refractivity contribution in [2.45, 2.75) is 26.8 Å². The highest BCUT2D eigenvalue weighted by Gasteiger charge is 2.17. The van der Waals surface area contributed by atoms with Crippen molar-refractivity contribution >= 4 is 5.82 Å². The monoisotopic (exact) mass is 319 g/mol. The van der Waals surface area contributed by atoms with Gasteiger partial charge in [0.25, 0.3) is 0 Å². The summed E-state index contributed by atoms with van der Waals surface area (Å²) in [6.07, 6.45) is 5.40. The van der Waals surface area contributed by atoms with Crippen molar-refractivity contribution in [1.29, 1.82) is 0 Å². The van der Waals surface area contributed by atoms with Crippen LogP contribution in [-0.4, -0.2) is 19.9 Å². The van der Waals surface area contributed by atoms with Gasteiger partial charge in [-0.1, -0.05) is 19.9 Å². The number of nitrogens with zero attached hydrogens (tertiary/aromatic N) is 4. The molecule has 0 aliphatic carbocycles. The van der Waals surface area contributed by atoms with Crippen molar-refractivity contribution in [3.8, 4) is 11.4 Å². The van der Waals surface area contributed by atoms with E-state index >= 15 is 0 Å². The Morgan fingerprint density at radius 2 is 1.71 bits per heavy atom. The highest BCUT2D eigenvalue weighted by Crippen LogP contribution is 2.26. The minimum absolute atomic E-state index is 0.152. The molecule has 5 heteroatoms. The van der Waals surface area contributed by atoms with E-state index in [1.165, 1.54) is 5.56 Å². The molecule has 24 heavy (non-hydrogen) atoms. The fraction of sp³-hybridized carbons (Fsp3) is 0.263. The van der Waals surface area contributed by atoms with E-state index in [0.29, 0.717) is 5.92 Å². The van der Waals surface area contributed by atoms with Crippen LogP contribution in [0.25, 0.3) is 11.4 Å². The molecule has 3 aromatic heterocycles. The van der Waals surface area contributed by atoms with Crippen LogP contribution in [0.5, 0.6) is 0 Å². The van der Waals surface area contributed by atoms with Gasteiger partial charge in [0.05, 0.1) is 17.4 Å². The molecular formula is C19H21N5. The Hall–Kier alpha value is -2.82. The number of hydrogen-bond donors (Lipinski definition) is 1. The molecule has 0 amide bonds. The highest BCUT2D eigenvalue weighted by atomic mass is 15.1. The topological polar surface area (TPSA) is 63.6 Å². The number of rotatable bonds is 5. The van der Waals surface area contributed by atoms with Gasteiger partial charge >= 0.3 is 0 Å². The largest absolute Gasteiger partial charge is 0.363 e. The summed E-state index contributed by atoms with van der Waals surface area (Å²) in [4.78, 5) is 17.5. The van der Waals surface area contributed by atoms with E-state index < -0.39 is 0 Å². The molecular weight excluding hydrogens is 298 g/mol. The SMILES string of the molecule is Cc1nc(NC(c2ccncc2)C(C)C)cc(-c2ccccn2)n1. The molecule has 5 nitrogen and oxygen atoms in total. The van der Waals surface area contributed by atoms with E-state index in [2.05, 4.69) is 39.1 Å². The molecule has 0 spiro atoms. The molecule has 1 unspecified atom stereocenters. The van der Waals surface area contributed by atoms with Crippen LogP contribution in [0.1, 0.15) is 31.3 Å². The third-order valence-electron chi connectivity index (χ3n) is 3.80. The Morgan fingerprint density at radius 3 is 2.38 bits per heavy atom. The van der Waals surface area contributed by atoms with Crippen LogP contribution in [0.4, 0.5) is 5.82 Å². The third-order valence-corrected chi connectivity index (χ3v) is 3.80. The fourth-order valence-corrected chi connectivity index (χ4v) is 2.65. The van der Waals surface area contributed by atoms with Crippen molar-refractivity contribution in [3.05, 3.63) is 66.4 Å². The zero-order valence-corrected chi connectivity index (χ0v) is 14.1. The van der Waals surface area contributed by atoms with Gasteiger partial charge in [0.15, 0.2) is 0 Å². The quantitative estimate of drug-likeness (QED) is 0.768. The summed E-state index contributed by atoms with van der Waals surface area (Å²) in [6, 6.07) is 12.0. The summed E-state index contributed by atoms with van der Waals surface area (Å²) in [5.41, 5.74) is 2.86. The van der Waals surface area contributed by atoms with E-state index in [4.69, 9.17) is 0 Å². The van der Waals surface area contributed by atoms with Crippen molar-refractivity contribution < 1.29 is 0 Å². The van der Waals surface area contributed by atoms with E-state index in [1.54, 1.807) is 6.20 Å². The number of hydrogen-bond acceptors (Lipinski definition) is 5. The van der Waals surface area contributed by atoms with E-state index in [0.717, 1.165) is 23.0 Å². The van der Waals surface area contributed by atoms with Gasteiger partial charge in [0.2, 0.25) is 0 Å². The van der Waals surface area contributed by atoms with E-state index in [9.17, 15) is 0 Å². The van der Waals surface area contributed by atoms with Gasteiger partial charge in [-0.05, 0) is 42.7 Å². The summed E-state index contributed by atoms with van der Waals surface area (Å²) in [7, 11) is 0. The lowest BCUT2D eigenvalue weighted by Gasteiger charge is -2.23. The predicted molar refractivity (Wildman–Crippen MR) is 95.4 cm³/mol. The van der Waals surface area contributed by atoms with E-state index in [-0.39, 0.29) is 6.04 Å². The Morgan fingerprint density at radius 1 is 0.917 bits per heavy atom. The Labute approximate surface area is 142 Å². The maximum absolute atomic E-state index is 4.54. The van der Waals surface area contributed by atoms with Crippen LogP contribution in [0.3, 0.4) is 0 Å². The number of nitrogens with one attached hydrogen (secondary N) is 1. The lowest BCUT2D eigenvalue weighted by molar-refractivity contribution is 0.544. The molecule has 0 fully saturated rings. The van der Waals surface area contributed by atoms with Crippen LogP contribution < -0.4 is 5.32 Å². The molecule has 1 N–H and O–H groups in total. The maximum atomic E-state index is 4.54. The molecule has 3 heterocycles. The zero-order chi connectivity index (χ0) is 16.9. The molecule has 3 rings (SSSR count). The summed E-state index contributed by atoms with van der Waals surface area (Å²) in [6.45, 7) is 6.27. The first-order valence-electron chi connectivity index (χ1n) is 8.07. The van der Waals surface area contributed by atoms with Gasteiger partial charge in [-0.3, -0.25) is 9.97 Å². The number of pyridine rings is 2. The summed E-state index contributed by atoms with van der Waals surface area (Å²) < 4.78 is 0. The van der Waals surface area contributed by atoms with Gasteiger partial charge in [0, 0.05) is 24.7 Å². The fourth-order valence-electron chi connectivity index (χ4n) is 2.65. The molecule has 0 aromatic carbocycles. The number of anilines is 1. The Balaban J connectivity index is 1.93. The van der Waals surface area contributed by atoms with Crippen molar-refractivity contribution in [2.75, 3.05) is 5.32 Å². The maximum Gasteiger partial charge on any atom is 0.130 e. The average Bonchev–Trinajstić information content (AvgIpc) is 2.60. The van der Waals surface area contributed by atoms with E-state index in [1.807, 2.05) is 55.7 Å². The molecule has 0 bridgehead atoms. The standard InChI is InChI=1S/C19H21N5/c1-13(2)19(15-7-10-20-11-8-15)24-18-12-17(22-14(3)23-18)16-6-4-5-9-21-16/h4-13,19H,1-3H3,(H,22,23,24). The second-order valence-electron chi connectivity index (χ2n) is 6.05. The smallest absolute Gasteiger partial charge is 0.130 e. The first kappa shape index (κ1) is 16.1. The Kier molecular flexibility index (Phi) is 4.79. The normalized spacial score (nSPS) is 12.2. The van der Waals surface area contributed by atoms with Gasteiger partial charge in [-0.25, -0.2) is 9.97 Å². The third kappa shape index (κ3) is 3.74. The lowest BCUT2D eigenvalue weighted by atomic mass is 9.97. The molecule has 0 aliphatic heterocycles. The first-order valence-corrected chi connectivity index (χ1v) is 8.07. The molecule has 3 aromatic rings. The average molecular weight is 319 g/mol. The van der Waals surface area contributed by atoms with Crippen LogP contribution in [0, 0.1) is 12.8 Å². The molecule has 0 aliphatic rings.